The van der Waals surface area contributed by atoms with Gasteiger partial charge in [-0.25, -0.2) is 4.79 Å². The molecule has 7 heteroatoms. The Labute approximate surface area is 167 Å². The third kappa shape index (κ3) is 3.38. The van der Waals surface area contributed by atoms with E-state index in [9.17, 15) is 19.7 Å². The molecule has 3 amide bonds. The molecule has 1 heterocycles. The fourth-order valence-electron chi connectivity index (χ4n) is 3.50. The number of hydrogen-bond acceptors (Lipinski definition) is 4. The molecule has 0 saturated carbocycles. The van der Waals surface area contributed by atoms with E-state index in [0.29, 0.717) is 17.0 Å². The summed E-state index contributed by atoms with van der Waals surface area (Å²) in [4.78, 5) is 38.2. The molecule has 29 heavy (non-hydrogen) atoms. The van der Waals surface area contributed by atoms with Crippen LogP contribution in [0.25, 0.3) is 0 Å². The molecule has 0 fully saturated rings. The van der Waals surface area contributed by atoms with Crippen LogP contribution in [0.15, 0.2) is 72.8 Å². The lowest BCUT2D eigenvalue weighted by Gasteiger charge is -2.26. The molecule has 1 aliphatic heterocycles. The molecule has 144 valence electrons. The van der Waals surface area contributed by atoms with Gasteiger partial charge in [0.2, 0.25) is 0 Å². The van der Waals surface area contributed by atoms with Gasteiger partial charge >= 0.3 is 11.9 Å². The van der Waals surface area contributed by atoms with Crippen molar-refractivity contribution in [1.82, 2.24) is 0 Å². The van der Waals surface area contributed by atoms with Crippen molar-refractivity contribution in [1.29, 1.82) is 0 Å². The van der Waals surface area contributed by atoms with E-state index in [2.05, 4.69) is 0 Å². The Morgan fingerprint density at radius 2 is 1.86 bits per heavy atom. The molecule has 1 atom stereocenters. The summed E-state index contributed by atoms with van der Waals surface area (Å²) < 4.78 is 1.50. The van der Waals surface area contributed by atoms with Gasteiger partial charge in [0.25, 0.3) is 5.69 Å². The summed E-state index contributed by atoms with van der Waals surface area (Å²) in [7, 11) is 0. The minimum Gasteiger partial charge on any atom is -0.258 e. The lowest BCUT2D eigenvalue weighted by Crippen LogP contribution is -2.54. The number of carbonyl (C=O) groups is 2. The molecule has 0 N–H and O–H groups in total. The first kappa shape index (κ1) is 18.5. The van der Waals surface area contributed by atoms with Gasteiger partial charge in [-0.2, -0.15) is 9.37 Å². The van der Waals surface area contributed by atoms with Gasteiger partial charge in [0, 0.05) is 17.7 Å². The second kappa shape index (κ2) is 7.27. The Kier molecular flexibility index (Phi) is 4.64. The van der Waals surface area contributed by atoms with Crippen molar-refractivity contribution in [2.24, 2.45) is 5.92 Å². The summed E-state index contributed by atoms with van der Waals surface area (Å²) >= 11 is 0. The fourth-order valence-corrected chi connectivity index (χ4v) is 3.50. The van der Waals surface area contributed by atoms with Gasteiger partial charge in [0.15, 0.2) is 0 Å². The Morgan fingerprint density at radius 3 is 2.59 bits per heavy atom. The van der Waals surface area contributed by atoms with Crippen LogP contribution in [0.4, 0.5) is 16.2 Å². The van der Waals surface area contributed by atoms with Crippen LogP contribution in [0.3, 0.4) is 0 Å². The van der Waals surface area contributed by atoms with E-state index in [1.54, 1.807) is 48.6 Å². The Balaban J connectivity index is 1.79. The van der Waals surface area contributed by atoms with Gasteiger partial charge in [-0.3, -0.25) is 10.1 Å². The SMILES string of the molecule is Cc1ccc(N2C(=O)C3C=CC=CC3=[N+](Cc3cccc([N+](=O)[O-])c3)C2=O)cc1. The molecule has 2 aromatic carbocycles. The number of non-ortho nitro benzene ring substituents is 1. The monoisotopic (exact) mass is 388 g/mol. The van der Waals surface area contributed by atoms with Crippen LogP contribution in [0.1, 0.15) is 11.1 Å². The Hall–Kier alpha value is -3.87. The fraction of sp³-hybridized carbons (Fsp3) is 0.136. The maximum absolute atomic E-state index is 13.3. The van der Waals surface area contributed by atoms with Gasteiger partial charge < -0.3 is 0 Å². The van der Waals surface area contributed by atoms with E-state index in [-0.39, 0.29) is 18.1 Å². The number of urea groups is 1. The second-order valence-electron chi connectivity index (χ2n) is 6.95. The summed E-state index contributed by atoms with van der Waals surface area (Å²) in [6.45, 7) is 2.05. The lowest BCUT2D eigenvalue weighted by molar-refractivity contribution is -0.446. The number of imide groups is 1. The molecule has 2 aromatic rings. The molecule has 0 saturated heterocycles. The first-order valence-corrected chi connectivity index (χ1v) is 9.13. The van der Waals surface area contributed by atoms with Crippen LogP contribution in [-0.4, -0.2) is 27.1 Å². The summed E-state index contributed by atoms with van der Waals surface area (Å²) in [5.41, 5.74) is 2.65. The number of nitro groups is 1. The number of hydrogen-bond donors (Lipinski definition) is 0. The number of nitrogens with zero attached hydrogens (tertiary/aromatic N) is 3. The largest absolute Gasteiger partial charge is 0.506 e. The third-order valence-corrected chi connectivity index (χ3v) is 4.97. The first-order chi connectivity index (χ1) is 14.0. The normalized spacial score (nSPS) is 18.2. The van der Waals surface area contributed by atoms with Crippen molar-refractivity contribution in [3.8, 4) is 0 Å². The molecule has 2 aliphatic rings. The maximum atomic E-state index is 13.3. The average Bonchev–Trinajstić information content (AvgIpc) is 2.73. The molecule has 7 nitrogen and oxygen atoms in total. The van der Waals surface area contributed by atoms with E-state index < -0.39 is 16.9 Å². The number of anilines is 1. The van der Waals surface area contributed by atoms with Crippen molar-refractivity contribution in [3.63, 3.8) is 0 Å². The molecular formula is C22H18N3O4+. The molecule has 0 aromatic heterocycles. The van der Waals surface area contributed by atoms with Crippen molar-refractivity contribution in [2.75, 3.05) is 4.90 Å². The molecule has 0 spiro atoms. The van der Waals surface area contributed by atoms with Gasteiger partial charge in [0.1, 0.15) is 23.9 Å². The smallest absolute Gasteiger partial charge is 0.258 e. The van der Waals surface area contributed by atoms with Crippen LogP contribution in [-0.2, 0) is 11.3 Å². The quantitative estimate of drug-likeness (QED) is 0.453. The van der Waals surface area contributed by atoms with Crippen LogP contribution in [0, 0.1) is 23.0 Å². The van der Waals surface area contributed by atoms with Gasteiger partial charge in [0.05, 0.1) is 4.92 Å². The topological polar surface area (TPSA) is 83.5 Å². The van der Waals surface area contributed by atoms with Crippen molar-refractivity contribution in [2.45, 2.75) is 13.5 Å². The summed E-state index contributed by atoms with van der Waals surface area (Å²) in [5.74, 6) is -0.901. The number of carbonyl (C=O) groups excluding carboxylic acids is 2. The van der Waals surface area contributed by atoms with E-state index in [4.69, 9.17) is 0 Å². The number of nitro benzene ring substituents is 1. The highest BCUT2D eigenvalue weighted by Gasteiger charge is 2.47. The van der Waals surface area contributed by atoms with Gasteiger partial charge in [-0.15, -0.1) is 4.90 Å². The molecule has 1 unspecified atom stereocenters. The van der Waals surface area contributed by atoms with E-state index in [1.165, 1.54) is 21.6 Å². The zero-order chi connectivity index (χ0) is 20.5. The number of allylic oxidation sites excluding steroid dienone is 3. The van der Waals surface area contributed by atoms with Crippen LogP contribution in [0.5, 0.6) is 0 Å². The van der Waals surface area contributed by atoms with E-state index in [0.717, 1.165) is 5.56 Å². The Bertz CT molecular complexity index is 1110. The zero-order valence-electron chi connectivity index (χ0n) is 15.7. The summed E-state index contributed by atoms with van der Waals surface area (Å²) in [6, 6.07) is 12.9. The molecule has 4 rings (SSSR count). The van der Waals surface area contributed by atoms with Gasteiger partial charge in [-0.05, 0) is 25.1 Å². The van der Waals surface area contributed by atoms with Crippen molar-refractivity contribution >= 4 is 29.0 Å². The number of amides is 3. The van der Waals surface area contributed by atoms with Gasteiger partial charge in [-0.1, -0.05) is 48.1 Å². The third-order valence-electron chi connectivity index (χ3n) is 4.97. The van der Waals surface area contributed by atoms with Crippen molar-refractivity contribution in [3.05, 3.63) is 94.1 Å². The predicted octanol–water partition coefficient (Wildman–Crippen LogP) is 3.77. The van der Waals surface area contributed by atoms with Crippen LogP contribution in [0.2, 0.25) is 0 Å². The predicted molar refractivity (Wildman–Crippen MR) is 108 cm³/mol. The zero-order valence-corrected chi connectivity index (χ0v) is 15.7. The van der Waals surface area contributed by atoms with E-state index >= 15 is 0 Å². The minimum atomic E-state index is -0.585. The standard InChI is InChI=1S/C22H18N3O4/c1-15-9-11-17(12-10-15)24-21(26)19-7-2-3-8-20(19)23(22(24)27)14-16-5-4-6-18(13-16)25(28)29/h2-13,19H,14H2,1H3/q+1. The highest BCUT2D eigenvalue weighted by molar-refractivity contribution is 6.25. The molecular weight excluding hydrogens is 370 g/mol. The van der Waals surface area contributed by atoms with Crippen LogP contribution >= 0.6 is 0 Å². The second-order valence-corrected chi connectivity index (χ2v) is 6.95. The highest BCUT2D eigenvalue weighted by atomic mass is 16.6. The number of aryl methyl sites for hydroxylation is 1. The maximum Gasteiger partial charge on any atom is 0.506 e. The average molecular weight is 388 g/mol. The number of benzene rings is 2. The first-order valence-electron chi connectivity index (χ1n) is 9.13. The molecule has 0 radical (unpaired) electrons. The van der Waals surface area contributed by atoms with E-state index in [1.807, 2.05) is 19.1 Å². The number of rotatable bonds is 4. The number of fused-ring (bicyclic) bond motifs is 1. The highest BCUT2D eigenvalue weighted by Crippen LogP contribution is 2.27. The minimum absolute atomic E-state index is 0.0425. The molecule has 1 aliphatic carbocycles. The molecule has 0 bridgehead atoms. The lowest BCUT2D eigenvalue weighted by atomic mass is 9.94. The van der Waals surface area contributed by atoms with Crippen molar-refractivity contribution < 1.29 is 19.1 Å². The summed E-state index contributed by atoms with van der Waals surface area (Å²) in [6.07, 6.45) is 7.05. The summed E-state index contributed by atoms with van der Waals surface area (Å²) in [5, 5.41) is 11.1. The van der Waals surface area contributed by atoms with Crippen LogP contribution < -0.4 is 4.90 Å². The Morgan fingerprint density at radius 1 is 1.10 bits per heavy atom.